The molecule has 0 spiro atoms. The molecule has 2 aliphatic rings. The Morgan fingerprint density at radius 2 is 1.84 bits per heavy atom. The van der Waals surface area contributed by atoms with E-state index < -0.39 is 0 Å². The maximum atomic E-state index is 13.2. The highest BCUT2D eigenvalue weighted by atomic mass is 16.5. The second kappa shape index (κ2) is 10.0. The lowest BCUT2D eigenvalue weighted by molar-refractivity contribution is -0.129. The zero-order valence-corrected chi connectivity index (χ0v) is 18.1. The number of carbonyl (C=O) groups is 2. The summed E-state index contributed by atoms with van der Waals surface area (Å²) in [6.07, 6.45) is 6.14. The molecule has 1 aromatic heterocycles. The van der Waals surface area contributed by atoms with Crippen molar-refractivity contribution in [2.75, 3.05) is 33.3 Å². The van der Waals surface area contributed by atoms with Crippen molar-refractivity contribution in [2.45, 2.75) is 38.3 Å². The van der Waals surface area contributed by atoms with E-state index in [1.807, 2.05) is 35.2 Å². The number of carbonyl (C=O) groups excluding carboxylic acids is 2. The number of nitrogens with zero attached hydrogens (tertiary/aromatic N) is 2. The van der Waals surface area contributed by atoms with Gasteiger partial charge in [0.2, 0.25) is 5.91 Å². The van der Waals surface area contributed by atoms with Crippen LogP contribution in [-0.2, 0) is 11.3 Å². The second-order valence-electron chi connectivity index (χ2n) is 8.31. The molecule has 1 saturated heterocycles. The third-order valence-electron chi connectivity index (χ3n) is 6.46. The van der Waals surface area contributed by atoms with E-state index in [1.54, 1.807) is 19.4 Å². The lowest BCUT2D eigenvalue weighted by Gasteiger charge is -2.40. The molecule has 1 N–H and O–H groups in total. The maximum absolute atomic E-state index is 13.2. The molecule has 7 nitrogen and oxygen atoms in total. The number of para-hydroxylation sites is 1. The molecule has 2 amide bonds. The first-order valence-corrected chi connectivity index (χ1v) is 11.1. The Bertz CT molecular complexity index is 869. The molecule has 166 valence electrons. The van der Waals surface area contributed by atoms with Gasteiger partial charge in [0, 0.05) is 26.2 Å². The third-order valence-corrected chi connectivity index (χ3v) is 6.46. The van der Waals surface area contributed by atoms with Crippen molar-refractivity contribution < 1.29 is 18.7 Å². The lowest BCUT2D eigenvalue weighted by atomic mass is 9.95. The molecule has 4 rings (SSSR count). The van der Waals surface area contributed by atoms with Crippen molar-refractivity contribution in [1.82, 2.24) is 15.1 Å². The summed E-state index contributed by atoms with van der Waals surface area (Å²) in [5.41, 5.74) is 0.585. The summed E-state index contributed by atoms with van der Waals surface area (Å²) in [6.45, 7) is 2.99. The maximum Gasteiger partial charge on any atom is 0.257 e. The summed E-state index contributed by atoms with van der Waals surface area (Å²) in [6, 6.07) is 10.9. The van der Waals surface area contributed by atoms with Crippen LogP contribution in [-0.4, -0.2) is 60.9 Å². The van der Waals surface area contributed by atoms with Crippen LogP contribution in [0.2, 0.25) is 0 Å². The molecule has 0 unspecified atom stereocenters. The average Bonchev–Trinajstić information content (AvgIpc) is 3.52. The van der Waals surface area contributed by atoms with Gasteiger partial charge in [0.1, 0.15) is 11.5 Å². The molecule has 31 heavy (non-hydrogen) atoms. The number of rotatable bonds is 7. The molecule has 2 aromatic rings. The van der Waals surface area contributed by atoms with Gasteiger partial charge in [-0.1, -0.05) is 25.0 Å². The van der Waals surface area contributed by atoms with E-state index in [0.29, 0.717) is 50.0 Å². The van der Waals surface area contributed by atoms with Crippen LogP contribution in [0.5, 0.6) is 5.75 Å². The summed E-state index contributed by atoms with van der Waals surface area (Å²) < 4.78 is 10.7. The zero-order chi connectivity index (χ0) is 21.6. The molecular weight excluding hydrogens is 394 g/mol. The normalized spacial score (nSPS) is 18.7. The van der Waals surface area contributed by atoms with Crippen molar-refractivity contribution in [1.29, 1.82) is 0 Å². The molecule has 1 aromatic carbocycles. The third kappa shape index (κ3) is 4.93. The minimum absolute atomic E-state index is 0.0169. The molecule has 0 bridgehead atoms. The fraction of sp³-hybridized carbons (Fsp3) is 0.500. The minimum atomic E-state index is -0.152. The Hall–Kier alpha value is -2.80. The Morgan fingerprint density at radius 3 is 2.52 bits per heavy atom. The molecular formula is C24H31N3O4. The Labute approximate surface area is 183 Å². The molecule has 1 aliphatic carbocycles. The van der Waals surface area contributed by atoms with Gasteiger partial charge in [-0.25, -0.2) is 0 Å². The SMILES string of the molecule is COc1ccccc1C(=O)N1CCN([C@H](C(=O)NCc2ccco2)C2CCCC2)CC1. The number of hydrogen-bond donors (Lipinski definition) is 1. The van der Waals surface area contributed by atoms with Crippen LogP contribution in [0.25, 0.3) is 0 Å². The Kier molecular flexibility index (Phi) is 6.92. The molecule has 2 heterocycles. The van der Waals surface area contributed by atoms with Crippen LogP contribution >= 0.6 is 0 Å². The van der Waals surface area contributed by atoms with Crippen molar-refractivity contribution in [3.63, 3.8) is 0 Å². The largest absolute Gasteiger partial charge is 0.496 e. The van der Waals surface area contributed by atoms with Gasteiger partial charge in [-0.3, -0.25) is 14.5 Å². The summed E-state index contributed by atoms with van der Waals surface area (Å²) in [5.74, 6) is 1.76. The number of methoxy groups -OCH3 is 1. The zero-order valence-electron chi connectivity index (χ0n) is 18.1. The van der Waals surface area contributed by atoms with Crippen LogP contribution in [0, 0.1) is 5.92 Å². The Morgan fingerprint density at radius 1 is 1.10 bits per heavy atom. The van der Waals surface area contributed by atoms with Crippen LogP contribution in [0.4, 0.5) is 0 Å². The van der Waals surface area contributed by atoms with E-state index >= 15 is 0 Å². The van der Waals surface area contributed by atoms with Crippen LogP contribution in [0.15, 0.2) is 47.1 Å². The molecule has 2 fully saturated rings. The fourth-order valence-corrected chi connectivity index (χ4v) is 4.84. The van der Waals surface area contributed by atoms with Gasteiger partial charge in [-0.05, 0) is 43.0 Å². The number of benzene rings is 1. The second-order valence-corrected chi connectivity index (χ2v) is 8.31. The number of ether oxygens (including phenoxy) is 1. The standard InChI is InChI=1S/C24H31N3O4/c1-30-21-11-5-4-10-20(21)24(29)27-14-12-26(13-15-27)22(18-7-2-3-8-18)23(28)25-17-19-9-6-16-31-19/h4-6,9-11,16,18,22H,2-3,7-8,12-15,17H2,1H3,(H,25,28)/t22-/m0/s1. The molecule has 0 radical (unpaired) electrons. The molecule has 1 saturated carbocycles. The van der Waals surface area contributed by atoms with Gasteiger partial charge >= 0.3 is 0 Å². The van der Waals surface area contributed by atoms with Gasteiger partial charge in [-0.15, -0.1) is 0 Å². The monoisotopic (exact) mass is 425 g/mol. The van der Waals surface area contributed by atoms with Crippen molar-refractivity contribution >= 4 is 11.8 Å². The van der Waals surface area contributed by atoms with Gasteiger partial charge < -0.3 is 19.4 Å². The van der Waals surface area contributed by atoms with Crippen molar-refractivity contribution in [3.8, 4) is 5.75 Å². The first-order chi connectivity index (χ1) is 15.2. The minimum Gasteiger partial charge on any atom is -0.496 e. The van der Waals surface area contributed by atoms with E-state index in [-0.39, 0.29) is 17.9 Å². The molecule has 1 aliphatic heterocycles. The highest BCUT2D eigenvalue weighted by Crippen LogP contribution is 2.31. The summed E-state index contributed by atoms with van der Waals surface area (Å²) in [5, 5.41) is 3.06. The van der Waals surface area contributed by atoms with Crippen LogP contribution in [0.3, 0.4) is 0 Å². The van der Waals surface area contributed by atoms with Crippen molar-refractivity contribution in [3.05, 3.63) is 54.0 Å². The summed E-state index contributed by atoms with van der Waals surface area (Å²) in [7, 11) is 1.58. The lowest BCUT2D eigenvalue weighted by Crippen LogP contribution is -2.57. The van der Waals surface area contributed by atoms with Crippen molar-refractivity contribution in [2.24, 2.45) is 5.92 Å². The van der Waals surface area contributed by atoms with E-state index in [2.05, 4.69) is 10.2 Å². The van der Waals surface area contributed by atoms with Gasteiger partial charge in [0.15, 0.2) is 0 Å². The number of hydrogen-bond acceptors (Lipinski definition) is 5. The van der Waals surface area contributed by atoms with Gasteiger partial charge in [0.05, 0.1) is 31.5 Å². The average molecular weight is 426 g/mol. The van der Waals surface area contributed by atoms with Gasteiger partial charge in [-0.2, -0.15) is 0 Å². The summed E-state index contributed by atoms with van der Waals surface area (Å²) in [4.78, 5) is 30.3. The topological polar surface area (TPSA) is 75.0 Å². The van der Waals surface area contributed by atoms with E-state index in [1.165, 1.54) is 12.8 Å². The van der Waals surface area contributed by atoms with E-state index in [4.69, 9.17) is 9.15 Å². The smallest absolute Gasteiger partial charge is 0.257 e. The quantitative estimate of drug-likeness (QED) is 0.738. The number of nitrogens with one attached hydrogen (secondary N) is 1. The highest BCUT2D eigenvalue weighted by molar-refractivity contribution is 5.97. The first kappa shape index (κ1) is 21.4. The Balaban J connectivity index is 1.40. The molecule has 1 atom stereocenters. The first-order valence-electron chi connectivity index (χ1n) is 11.1. The predicted octanol–water partition coefficient (Wildman–Crippen LogP) is 2.92. The number of amides is 2. The van der Waals surface area contributed by atoms with Gasteiger partial charge in [0.25, 0.3) is 5.91 Å². The van der Waals surface area contributed by atoms with Crippen LogP contribution in [0.1, 0.15) is 41.8 Å². The summed E-state index contributed by atoms with van der Waals surface area (Å²) >= 11 is 0. The number of furan rings is 1. The highest BCUT2D eigenvalue weighted by Gasteiger charge is 2.37. The van der Waals surface area contributed by atoms with Crippen LogP contribution < -0.4 is 10.1 Å². The van der Waals surface area contributed by atoms with E-state index in [9.17, 15) is 9.59 Å². The van der Waals surface area contributed by atoms with E-state index in [0.717, 1.165) is 18.6 Å². The number of piperazine rings is 1. The predicted molar refractivity (Wildman–Crippen MR) is 117 cm³/mol. The molecule has 7 heteroatoms. The fourth-order valence-electron chi connectivity index (χ4n) is 4.84.